The molecule has 0 bridgehead atoms. The summed E-state index contributed by atoms with van der Waals surface area (Å²) < 4.78 is 24.0. The van der Waals surface area contributed by atoms with Crippen LogP contribution in [0.1, 0.15) is 22.8 Å². The predicted octanol–water partition coefficient (Wildman–Crippen LogP) is 4.09. The summed E-state index contributed by atoms with van der Waals surface area (Å²) in [5.74, 6) is -1.41. The number of aryl methyl sites for hydroxylation is 1. The third-order valence-electron chi connectivity index (χ3n) is 3.41. The van der Waals surface area contributed by atoms with E-state index in [-0.39, 0.29) is 5.56 Å². The van der Waals surface area contributed by atoms with E-state index in [1.165, 1.54) is 26.2 Å². The molecule has 0 aliphatic rings. The third-order valence-corrected chi connectivity index (χ3v) is 4.11. The maximum Gasteiger partial charge on any atom is 0.340 e. The second kappa shape index (κ2) is 8.11. The zero-order valence-electron chi connectivity index (χ0n) is 13.9. The minimum atomic E-state index is -1.08. The Morgan fingerprint density at radius 2 is 1.92 bits per heavy atom. The molecule has 0 fully saturated rings. The van der Waals surface area contributed by atoms with Gasteiger partial charge in [-0.05, 0) is 65.7 Å². The van der Waals surface area contributed by atoms with Crippen LogP contribution in [0, 0.1) is 12.7 Å². The number of benzene rings is 2. The largest absolute Gasteiger partial charge is 0.495 e. The molecule has 0 saturated heterocycles. The topological polar surface area (TPSA) is 64.6 Å². The van der Waals surface area contributed by atoms with E-state index in [2.05, 4.69) is 21.2 Å². The number of esters is 1. The van der Waals surface area contributed by atoms with Gasteiger partial charge in [-0.3, -0.25) is 4.79 Å². The van der Waals surface area contributed by atoms with Crippen LogP contribution in [0.5, 0.6) is 5.75 Å². The fourth-order valence-corrected chi connectivity index (χ4v) is 2.49. The van der Waals surface area contributed by atoms with E-state index in [9.17, 15) is 14.0 Å². The highest BCUT2D eigenvalue weighted by Gasteiger charge is 2.22. The van der Waals surface area contributed by atoms with Gasteiger partial charge in [0.25, 0.3) is 5.91 Å². The highest BCUT2D eigenvalue weighted by molar-refractivity contribution is 9.10. The molecule has 2 aromatic rings. The van der Waals surface area contributed by atoms with Gasteiger partial charge in [0.15, 0.2) is 6.10 Å². The second-order valence-electron chi connectivity index (χ2n) is 5.36. The monoisotopic (exact) mass is 409 g/mol. The molecule has 132 valence electrons. The number of rotatable bonds is 5. The molecule has 25 heavy (non-hydrogen) atoms. The lowest BCUT2D eigenvalue weighted by molar-refractivity contribution is -0.123. The van der Waals surface area contributed by atoms with Crippen molar-refractivity contribution in [1.29, 1.82) is 0 Å². The molecule has 0 saturated carbocycles. The second-order valence-corrected chi connectivity index (χ2v) is 6.22. The quantitative estimate of drug-likeness (QED) is 0.755. The van der Waals surface area contributed by atoms with E-state index >= 15 is 0 Å². The summed E-state index contributed by atoms with van der Waals surface area (Å²) in [6.07, 6.45) is -1.08. The van der Waals surface area contributed by atoms with Gasteiger partial charge in [-0.2, -0.15) is 0 Å². The number of anilines is 1. The number of amides is 1. The van der Waals surface area contributed by atoms with Crippen LogP contribution in [0.4, 0.5) is 10.1 Å². The minimum absolute atomic E-state index is 0.00721. The first-order chi connectivity index (χ1) is 11.8. The minimum Gasteiger partial charge on any atom is -0.495 e. The zero-order valence-corrected chi connectivity index (χ0v) is 15.5. The standard InChI is InChI=1S/C18H17BrFNO4/c1-10-4-7-16(24-3)15(8-10)21-17(22)11(2)25-18(23)13-9-12(20)5-6-14(13)19/h4-9,11H,1-3H3,(H,21,22)/t11-/m1/s1. The van der Waals surface area contributed by atoms with E-state index in [1.54, 1.807) is 12.1 Å². The number of methoxy groups -OCH3 is 1. The average molecular weight is 410 g/mol. The number of halogens is 2. The Morgan fingerprint density at radius 1 is 1.20 bits per heavy atom. The molecule has 2 aromatic carbocycles. The van der Waals surface area contributed by atoms with Gasteiger partial charge in [0.1, 0.15) is 11.6 Å². The van der Waals surface area contributed by atoms with E-state index in [0.29, 0.717) is 15.9 Å². The Kier molecular flexibility index (Phi) is 6.14. The lowest BCUT2D eigenvalue weighted by atomic mass is 10.2. The van der Waals surface area contributed by atoms with Crippen LogP contribution >= 0.6 is 15.9 Å². The Morgan fingerprint density at radius 3 is 2.60 bits per heavy atom. The van der Waals surface area contributed by atoms with Gasteiger partial charge in [0, 0.05) is 4.47 Å². The fraction of sp³-hybridized carbons (Fsp3) is 0.222. The van der Waals surface area contributed by atoms with Gasteiger partial charge in [-0.15, -0.1) is 0 Å². The number of hydrogen-bond donors (Lipinski definition) is 1. The summed E-state index contributed by atoms with van der Waals surface area (Å²) in [5, 5.41) is 2.66. The first-order valence-corrected chi connectivity index (χ1v) is 8.22. The molecule has 0 aromatic heterocycles. The van der Waals surface area contributed by atoms with Gasteiger partial charge in [0.2, 0.25) is 0 Å². The van der Waals surface area contributed by atoms with Crippen molar-refractivity contribution in [1.82, 2.24) is 0 Å². The molecular formula is C18H17BrFNO4. The summed E-state index contributed by atoms with van der Waals surface area (Å²) >= 11 is 3.15. The number of nitrogens with one attached hydrogen (secondary N) is 1. The first kappa shape index (κ1) is 18.9. The molecule has 5 nitrogen and oxygen atoms in total. The molecule has 0 spiro atoms. The first-order valence-electron chi connectivity index (χ1n) is 7.43. The van der Waals surface area contributed by atoms with Crippen LogP contribution in [0.2, 0.25) is 0 Å². The van der Waals surface area contributed by atoms with Crippen molar-refractivity contribution in [2.75, 3.05) is 12.4 Å². The highest BCUT2D eigenvalue weighted by atomic mass is 79.9. The van der Waals surface area contributed by atoms with Crippen molar-refractivity contribution in [2.24, 2.45) is 0 Å². The van der Waals surface area contributed by atoms with E-state index < -0.39 is 23.8 Å². The SMILES string of the molecule is COc1ccc(C)cc1NC(=O)[C@@H](C)OC(=O)c1cc(F)ccc1Br. The van der Waals surface area contributed by atoms with Gasteiger partial charge in [-0.1, -0.05) is 6.07 Å². The number of hydrogen-bond acceptors (Lipinski definition) is 4. The molecule has 0 aliphatic carbocycles. The van der Waals surface area contributed by atoms with Crippen molar-refractivity contribution >= 4 is 33.5 Å². The van der Waals surface area contributed by atoms with Crippen LogP contribution in [0.25, 0.3) is 0 Å². The fourth-order valence-electron chi connectivity index (χ4n) is 2.09. The van der Waals surface area contributed by atoms with Crippen LogP contribution in [0.3, 0.4) is 0 Å². The zero-order chi connectivity index (χ0) is 18.6. The molecule has 0 heterocycles. The lowest BCUT2D eigenvalue weighted by Gasteiger charge is -2.16. The van der Waals surface area contributed by atoms with E-state index in [0.717, 1.165) is 11.6 Å². The molecule has 1 atom stereocenters. The molecule has 2 rings (SSSR count). The molecule has 1 N–H and O–H groups in total. The normalized spacial score (nSPS) is 11.6. The van der Waals surface area contributed by atoms with Crippen LogP contribution < -0.4 is 10.1 Å². The van der Waals surface area contributed by atoms with Crippen LogP contribution in [0.15, 0.2) is 40.9 Å². The number of carbonyl (C=O) groups is 2. The van der Waals surface area contributed by atoms with Gasteiger partial charge in [0.05, 0.1) is 18.4 Å². The van der Waals surface area contributed by atoms with Crippen LogP contribution in [-0.4, -0.2) is 25.1 Å². The number of ether oxygens (including phenoxy) is 2. The van der Waals surface area contributed by atoms with Gasteiger partial charge >= 0.3 is 5.97 Å². The van der Waals surface area contributed by atoms with Crippen molar-refractivity contribution in [3.63, 3.8) is 0 Å². The van der Waals surface area contributed by atoms with Crippen molar-refractivity contribution in [3.05, 3.63) is 57.8 Å². The summed E-state index contributed by atoms with van der Waals surface area (Å²) in [5.41, 5.74) is 1.42. The summed E-state index contributed by atoms with van der Waals surface area (Å²) in [6.45, 7) is 3.31. The average Bonchev–Trinajstić information content (AvgIpc) is 2.57. The molecule has 0 aliphatic heterocycles. The van der Waals surface area contributed by atoms with Gasteiger partial charge in [-0.25, -0.2) is 9.18 Å². The predicted molar refractivity (Wildman–Crippen MR) is 95.3 cm³/mol. The van der Waals surface area contributed by atoms with Gasteiger partial charge < -0.3 is 14.8 Å². The Bertz CT molecular complexity index is 810. The lowest BCUT2D eigenvalue weighted by Crippen LogP contribution is -2.30. The van der Waals surface area contributed by atoms with Crippen molar-refractivity contribution < 1.29 is 23.5 Å². The van der Waals surface area contributed by atoms with Crippen molar-refractivity contribution in [3.8, 4) is 5.75 Å². The molecule has 0 unspecified atom stereocenters. The number of carbonyl (C=O) groups excluding carboxylic acids is 2. The summed E-state index contributed by atoms with van der Waals surface area (Å²) in [6, 6.07) is 8.97. The molecule has 0 radical (unpaired) electrons. The smallest absolute Gasteiger partial charge is 0.340 e. The maximum atomic E-state index is 13.3. The molecule has 1 amide bonds. The molecular weight excluding hydrogens is 393 g/mol. The van der Waals surface area contributed by atoms with Crippen LogP contribution in [-0.2, 0) is 9.53 Å². The van der Waals surface area contributed by atoms with E-state index in [1.807, 2.05) is 13.0 Å². The Labute approximate surface area is 153 Å². The summed E-state index contributed by atoms with van der Waals surface area (Å²) in [7, 11) is 1.49. The van der Waals surface area contributed by atoms with E-state index in [4.69, 9.17) is 9.47 Å². The summed E-state index contributed by atoms with van der Waals surface area (Å²) in [4.78, 5) is 24.4. The molecule has 7 heteroatoms. The third kappa shape index (κ3) is 4.79. The van der Waals surface area contributed by atoms with Crippen molar-refractivity contribution in [2.45, 2.75) is 20.0 Å². The Balaban J connectivity index is 2.09. The maximum absolute atomic E-state index is 13.3. The Hall–Kier alpha value is -2.41. The highest BCUT2D eigenvalue weighted by Crippen LogP contribution is 2.25.